The molecule has 4 nitrogen and oxygen atoms in total. The van der Waals surface area contributed by atoms with Gasteiger partial charge in [-0.05, 0) is 13.0 Å². The molecule has 0 bridgehead atoms. The van der Waals surface area contributed by atoms with Crippen LogP contribution in [0.1, 0.15) is 5.69 Å². The second kappa shape index (κ2) is 2.93. The fourth-order valence-electron chi connectivity index (χ4n) is 1.11. The number of nitrogens with zero attached hydrogens (tertiary/aromatic N) is 3. The fraction of sp³-hybridized carbons (Fsp3) is 0.125. The smallest absolute Gasteiger partial charge is 0.150 e. The van der Waals surface area contributed by atoms with Crippen molar-refractivity contribution in [2.75, 3.05) is 0 Å². The molecular weight excluding hydrogens is 171 g/mol. The van der Waals surface area contributed by atoms with Crippen molar-refractivity contribution in [3.05, 3.63) is 30.0 Å². The number of hydrogen-bond acceptors (Lipinski definition) is 3. The van der Waals surface area contributed by atoms with Crippen molar-refractivity contribution >= 4 is 0 Å². The van der Waals surface area contributed by atoms with E-state index >= 15 is 0 Å². The molecule has 2 heterocycles. The molecule has 5 heteroatoms. The molecule has 0 aliphatic heterocycles. The van der Waals surface area contributed by atoms with Gasteiger partial charge in [0, 0.05) is 11.8 Å². The third kappa shape index (κ3) is 1.28. The van der Waals surface area contributed by atoms with Crippen LogP contribution >= 0.6 is 0 Å². The van der Waals surface area contributed by atoms with Crippen LogP contribution in [0.5, 0.6) is 0 Å². The van der Waals surface area contributed by atoms with Gasteiger partial charge in [-0.1, -0.05) is 0 Å². The Bertz CT molecular complexity index is 424. The van der Waals surface area contributed by atoms with E-state index in [0.717, 1.165) is 6.20 Å². The zero-order chi connectivity index (χ0) is 9.26. The number of aromatic amines is 1. The maximum absolute atomic E-state index is 13.2. The van der Waals surface area contributed by atoms with E-state index in [2.05, 4.69) is 20.4 Å². The molecule has 0 atom stereocenters. The summed E-state index contributed by atoms with van der Waals surface area (Å²) in [5, 5.41) is 10.1. The molecule has 0 radical (unpaired) electrons. The summed E-state index contributed by atoms with van der Waals surface area (Å²) in [6.07, 6.45) is 2.68. The van der Waals surface area contributed by atoms with Gasteiger partial charge in [-0.15, -0.1) is 0 Å². The Hall–Kier alpha value is -1.78. The summed E-state index contributed by atoms with van der Waals surface area (Å²) >= 11 is 0. The number of nitrogens with one attached hydrogen (secondary N) is 1. The second-order valence-corrected chi connectivity index (χ2v) is 2.61. The van der Waals surface area contributed by atoms with Crippen LogP contribution in [0.25, 0.3) is 11.3 Å². The van der Waals surface area contributed by atoms with Crippen LogP contribution in [0.4, 0.5) is 4.39 Å². The quantitative estimate of drug-likeness (QED) is 0.716. The maximum atomic E-state index is 13.2. The molecular formula is C8H7FN4. The number of hydrogen-bond donors (Lipinski definition) is 1. The first kappa shape index (κ1) is 7.85. The lowest BCUT2D eigenvalue weighted by molar-refractivity contribution is 0.624. The van der Waals surface area contributed by atoms with Crippen molar-refractivity contribution in [1.29, 1.82) is 0 Å². The van der Waals surface area contributed by atoms with E-state index in [1.807, 2.05) is 0 Å². The van der Waals surface area contributed by atoms with Gasteiger partial charge in [0.2, 0.25) is 0 Å². The van der Waals surface area contributed by atoms with Crippen LogP contribution in [-0.4, -0.2) is 20.4 Å². The average Bonchev–Trinajstić information content (AvgIpc) is 2.52. The largest absolute Gasteiger partial charge is 0.262 e. The van der Waals surface area contributed by atoms with E-state index in [4.69, 9.17) is 0 Å². The zero-order valence-electron chi connectivity index (χ0n) is 6.95. The third-order valence-corrected chi connectivity index (χ3v) is 1.75. The summed E-state index contributed by atoms with van der Waals surface area (Å²) in [5.41, 5.74) is 1.62. The van der Waals surface area contributed by atoms with Crippen molar-refractivity contribution in [2.45, 2.75) is 6.92 Å². The Morgan fingerprint density at radius 1 is 1.38 bits per heavy atom. The van der Waals surface area contributed by atoms with Crippen LogP contribution in [-0.2, 0) is 0 Å². The lowest BCUT2D eigenvalue weighted by Gasteiger charge is -1.97. The number of aromatic nitrogens is 4. The van der Waals surface area contributed by atoms with E-state index in [-0.39, 0.29) is 5.82 Å². The first-order valence-electron chi connectivity index (χ1n) is 3.76. The molecule has 1 N–H and O–H groups in total. The second-order valence-electron chi connectivity index (χ2n) is 2.61. The standard InChI is InChI=1S/C8H7FN4/c1-5-8(12-13-11-5)6-2-3-10-4-7(6)9/h2-4H,1H3,(H,11,12,13). The Labute approximate surface area is 73.8 Å². The zero-order valence-corrected chi connectivity index (χ0v) is 6.95. The highest BCUT2D eigenvalue weighted by Crippen LogP contribution is 2.20. The predicted molar refractivity (Wildman–Crippen MR) is 44.3 cm³/mol. The number of pyridine rings is 1. The summed E-state index contributed by atoms with van der Waals surface area (Å²) in [6.45, 7) is 1.76. The first-order valence-corrected chi connectivity index (χ1v) is 3.76. The maximum Gasteiger partial charge on any atom is 0.150 e. The van der Waals surface area contributed by atoms with Gasteiger partial charge in [-0.2, -0.15) is 15.4 Å². The van der Waals surface area contributed by atoms with Crippen molar-refractivity contribution in [2.24, 2.45) is 0 Å². The van der Waals surface area contributed by atoms with Gasteiger partial charge in [0.05, 0.1) is 11.9 Å². The van der Waals surface area contributed by atoms with Gasteiger partial charge in [0.25, 0.3) is 0 Å². The van der Waals surface area contributed by atoms with E-state index in [9.17, 15) is 4.39 Å². The van der Waals surface area contributed by atoms with Gasteiger partial charge in [0.1, 0.15) is 5.69 Å². The normalized spacial score (nSPS) is 10.3. The molecule has 0 unspecified atom stereocenters. The minimum atomic E-state index is -0.389. The molecule has 0 fully saturated rings. The van der Waals surface area contributed by atoms with Gasteiger partial charge in [0.15, 0.2) is 5.82 Å². The van der Waals surface area contributed by atoms with E-state index < -0.39 is 0 Å². The van der Waals surface area contributed by atoms with Crippen LogP contribution in [0, 0.1) is 12.7 Å². The Morgan fingerprint density at radius 2 is 2.23 bits per heavy atom. The molecule has 0 saturated heterocycles. The molecule has 13 heavy (non-hydrogen) atoms. The van der Waals surface area contributed by atoms with Crippen molar-refractivity contribution in [3.8, 4) is 11.3 Å². The van der Waals surface area contributed by atoms with E-state index in [1.165, 1.54) is 6.20 Å². The minimum absolute atomic E-state index is 0.389. The first-order chi connectivity index (χ1) is 6.29. The van der Waals surface area contributed by atoms with Crippen LogP contribution in [0.3, 0.4) is 0 Å². The highest BCUT2D eigenvalue weighted by Gasteiger charge is 2.10. The van der Waals surface area contributed by atoms with Crippen molar-refractivity contribution in [3.63, 3.8) is 0 Å². The van der Waals surface area contributed by atoms with E-state index in [0.29, 0.717) is 17.0 Å². The number of aryl methyl sites for hydroxylation is 1. The van der Waals surface area contributed by atoms with Crippen LogP contribution in [0.2, 0.25) is 0 Å². The Balaban J connectivity index is 2.59. The molecule has 2 aromatic heterocycles. The monoisotopic (exact) mass is 178 g/mol. The molecule has 0 aromatic carbocycles. The average molecular weight is 178 g/mol. The lowest BCUT2D eigenvalue weighted by atomic mass is 10.1. The van der Waals surface area contributed by atoms with Gasteiger partial charge in [-0.25, -0.2) is 4.39 Å². The summed E-state index contributed by atoms with van der Waals surface area (Å²) < 4.78 is 13.2. The third-order valence-electron chi connectivity index (χ3n) is 1.75. The Kier molecular flexibility index (Phi) is 1.77. The molecule has 0 aliphatic rings. The summed E-state index contributed by atoms with van der Waals surface area (Å²) in [5.74, 6) is -0.389. The molecule has 2 aromatic rings. The molecule has 66 valence electrons. The molecule has 0 amide bonds. The number of rotatable bonds is 1. The van der Waals surface area contributed by atoms with Gasteiger partial charge < -0.3 is 0 Å². The van der Waals surface area contributed by atoms with Crippen molar-refractivity contribution in [1.82, 2.24) is 20.4 Å². The van der Waals surface area contributed by atoms with Crippen LogP contribution in [0.15, 0.2) is 18.5 Å². The van der Waals surface area contributed by atoms with Crippen molar-refractivity contribution < 1.29 is 4.39 Å². The van der Waals surface area contributed by atoms with Gasteiger partial charge in [-0.3, -0.25) is 4.98 Å². The van der Waals surface area contributed by atoms with Gasteiger partial charge >= 0.3 is 0 Å². The minimum Gasteiger partial charge on any atom is -0.262 e. The summed E-state index contributed by atoms with van der Waals surface area (Å²) in [4.78, 5) is 3.65. The Morgan fingerprint density at radius 3 is 2.85 bits per heavy atom. The number of halogens is 1. The van der Waals surface area contributed by atoms with Crippen LogP contribution < -0.4 is 0 Å². The SMILES string of the molecule is Cc1n[nH]nc1-c1ccncc1F. The highest BCUT2D eigenvalue weighted by atomic mass is 19.1. The summed E-state index contributed by atoms with van der Waals surface area (Å²) in [7, 11) is 0. The fourth-order valence-corrected chi connectivity index (χ4v) is 1.11. The topological polar surface area (TPSA) is 54.5 Å². The molecule has 0 saturated carbocycles. The molecule has 2 rings (SSSR count). The summed E-state index contributed by atoms with van der Waals surface area (Å²) in [6, 6.07) is 1.57. The predicted octanol–water partition coefficient (Wildman–Crippen LogP) is 1.31. The lowest BCUT2D eigenvalue weighted by Crippen LogP contribution is -1.87. The van der Waals surface area contributed by atoms with E-state index in [1.54, 1.807) is 13.0 Å². The highest BCUT2D eigenvalue weighted by molar-refractivity contribution is 5.60. The number of H-pyrrole nitrogens is 1. The molecule has 0 aliphatic carbocycles. The molecule has 0 spiro atoms.